The van der Waals surface area contributed by atoms with Crippen LogP contribution in [0.5, 0.6) is 0 Å². The molecule has 0 atom stereocenters. The summed E-state index contributed by atoms with van der Waals surface area (Å²) in [5.41, 5.74) is 0.516. The zero-order valence-electron chi connectivity index (χ0n) is 8.43. The minimum absolute atomic E-state index is 0.458. The number of benzene rings is 1. The molecule has 15 heavy (non-hydrogen) atoms. The van der Waals surface area contributed by atoms with E-state index in [1.54, 1.807) is 24.3 Å². The van der Waals surface area contributed by atoms with E-state index in [9.17, 15) is 9.59 Å². The number of hydrogen-bond acceptors (Lipinski definition) is 2. The van der Waals surface area contributed by atoms with Gasteiger partial charge in [0.2, 0.25) is 0 Å². The Morgan fingerprint density at radius 1 is 1.33 bits per heavy atom. The summed E-state index contributed by atoms with van der Waals surface area (Å²) in [4.78, 5) is 23.9. The Bertz CT molecular complexity index is 373. The molecule has 0 unspecified atom stereocenters. The van der Waals surface area contributed by atoms with Crippen LogP contribution in [0.2, 0.25) is 0 Å². The third-order valence-electron chi connectivity index (χ3n) is 1.83. The van der Waals surface area contributed by atoms with Gasteiger partial charge < -0.3 is 5.32 Å². The molecular formula is C11H12N2O2. The number of hydrogen-bond donors (Lipinski definition) is 1. The van der Waals surface area contributed by atoms with Crippen molar-refractivity contribution in [3.63, 3.8) is 0 Å². The molecular weight excluding hydrogens is 192 g/mol. The number of nitrogens with one attached hydrogen (secondary N) is 1. The molecule has 4 heteroatoms. The molecule has 0 spiro atoms. The predicted octanol–water partition coefficient (Wildman–Crippen LogP) is 1.54. The van der Waals surface area contributed by atoms with Gasteiger partial charge in [-0.05, 0) is 18.2 Å². The Labute approximate surface area is 88.2 Å². The fourth-order valence-corrected chi connectivity index (χ4v) is 1.12. The van der Waals surface area contributed by atoms with Gasteiger partial charge in [-0.1, -0.05) is 24.8 Å². The number of anilines is 1. The van der Waals surface area contributed by atoms with Crippen molar-refractivity contribution in [2.45, 2.75) is 0 Å². The van der Waals surface area contributed by atoms with Crippen molar-refractivity contribution in [1.29, 1.82) is 0 Å². The van der Waals surface area contributed by atoms with Crippen molar-refractivity contribution in [3.8, 4) is 0 Å². The van der Waals surface area contributed by atoms with Crippen molar-refractivity contribution in [3.05, 3.63) is 43.0 Å². The van der Waals surface area contributed by atoms with Gasteiger partial charge in [-0.2, -0.15) is 0 Å². The lowest BCUT2D eigenvalue weighted by Crippen LogP contribution is -2.41. The highest BCUT2D eigenvalue weighted by Crippen LogP contribution is 2.13. The molecule has 0 fully saturated rings. The van der Waals surface area contributed by atoms with Crippen LogP contribution >= 0.6 is 0 Å². The summed E-state index contributed by atoms with van der Waals surface area (Å²) in [7, 11) is 1.47. The predicted molar refractivity (Wildman–Crippen MR) is 58.6 cm³/mol. The van der Waals surface area contributed by atoms with Gasteiger partial charge in [-0.3, -0.25) is 4.79 Å². The molecule has 78 valence electrons. The van der Waals surface area contributed by atoms with E-state index in [2.05, 4.69) is 11.9 Å². The van der Waals surface area contributed by atoms with Crippen LogP contribution in [0.3, 0.4) is 0 Å². The van der Waals surface area contributed by atoms with Gasteiger partial charge in [-0.15, -0.1) is 0 Å². The maximum absolute atomic E-state index is 11.5. The van der Waals surface area contributed by atoms with Crippen LogP contribution in [0, 0.1) is 0 Å². The van der Waals surface area contributed by atoms with Crippen LogP contribution in [0.15, 0.2) is 43.0 Å². The van der Waals surface area contributed by atoms with Gasteiger partial charge in [0.25, 0.3) is 5.91 Å². The van der Waals surface area contributed by atoms with Crippen molar-refractivity contribution in [2.75, 3.05) is 11.9 Å². The zero-order valence-corrected chi connectivity index (χ0v) is 8.43. The molecule has 1 rings (SSSR count). The van der Waals surface area contributed by atoms with Gasteiger partial charge in [-0.25, -0.2) is 9.69 Å². The highest BCUT2D eigenvalue weighted by molar-refractivity contribution is 6.17. The van der Waals surface area contributed by atoms with Gasteiger partial charge in [0.15, 0.2) is 0 Å². The fraction of sp³-hybridized carbons (Fsp3) is 0.0909. The van der Waals surface area contributed by atoms with Crippen LogP contribution in [0.25, 0.3) is 0 Å². The Hall–Kier alpha value is -2.10. The second-order valence-corrected chi connectivity index (χ2v) is 2.77. The Morgan fingerprint density at radius 2 is 1.93 bits per heavy atom. The van der Waals surface area contributed by atoms with Crippen molar-refractivity contribution >= 4 is 17.6 Å². The number of rotatable bonds is 2. The average molecular weight is 204 g/mol. The van der Waals surface area contributed by atoms with Gasteiger partial charge in [0, 0.05) is 7.05 Å². The lowest BCUT2D eigenvalue weighted by atomic mass is 10.3. The number of imide groups is 1. The highest BCUT2D eigenvalue weighted by Gasteiger charge is 2.19. The summed E-state index contributed by atoms with van der Waals surface area (Å²) in [6.45, 7) is 3.35. The van der Waals surface area contributed by atoms with Crippen LogP contribution in [-0.4, -0.2) is 19.0 Å². The van der Waals surface area contributed by atoms with Gasteiger partial charge in [0.05, 0.1) is 5.69 Å². The summed E-state index contributed by atoms with van der Waals surface area (Å²) < 4.78 is 0. The Kier molecular flexibility index (Phi) is 3.62. The van der Waals surface area contributed by atoms with E-state index < -0.39 is 11.9 Å². The molecule has 0 bridgehead atoms. The van der Waals surface area contributed by atoms with E-state index in [1.807, 2.05) is 6.07 Å². The Balaban J connectivity index is 3.07. The third-order valence-corrected chi connectivity index (χ3v) is 1.83. The van der Waals surface area contributed by atoms with E-state index in [4.69, 9.17) is 0 Å². The molecule has 0 aliphatic rings. The summed E-state index contributed by atoms with van der Waals surface area (Å²) >= 11 is 0. The van der Waals surface area contributed by atoms with Gasteiger partial charge in [0.1, 0.15) is 0 Å². The van der Waals surface area contributed by atoms with Crippen LogP contribution in [-0.2, 0) is 4.79 Å². The van der Waals surface area contributed by atoms with Crippen LogP contribution < -0.4 is 10.2 Å². The summed E-state index contributed by atoms with van der Waals surface area (Å²) in [6.07, 6.45) is 1.10. The van der Waals surface area contributed by atoms with E-state index in [0.717, 1.165) is 11.0 Å². The largest absolute Gasteiger partial charge is 0.340 e. The topological polar surface area (TPSA) is 49.4 Å². The molecule has 4 nitrogen and oxygen atoms in total. The first-order valence-electron chi connectivity index (χ1n) is 4.44. The third kappa shape index (κ3) is 2.43. The minimum atomic E-state index is -0.480. The molecule has 1 N–H and O–H groups in total. The molecule has 1 aromatic carbocycles. The summed E-state index contributed by atoms with van der Waals surface area (Å²) in [6, 6.07) is 8.19. The quantitative estimate of drug-likeness (QED) is 0.743. The highest BCUT2D eigenvalue weighted by atomic mass is 16.2. The number of urea groups is 1. The maximum atomic E-state index is 11.5. The molecule has 0 aliphatic carbocycles. The number of carbonyl (C=O) groups is 2. The smallest absolute Gasteiger partial charge is 0.328 e. The van der Waals surface area contributed by atoms with E-state index in [-0.39, 0.29) is 0 Å². The number of nitrogens with zero attached hydrogens (tertiary/aromatic N) is 1. The first-order valence-corrected chi connectivity index (χ1v) is 4.44. The molecule has 1 aromatic rings. The first-order chi connectivity index (χ1) is 7.20. The fourth-order valence-electron chi connectivity index (χ4n) is 1.12. The lowest BCUT2D eigenvalue weighted by molar-refractivity contribution is -0.113. The normalized spacial score (nSPS) is 9.13. The molecule has 0 radical (unpaired) electrons. The Morgan fingerprint density at radius 3 is 2.40 bits per heavy atom. The van der Waals surface area contributed by atoms with Crippen molar-refractivity contribution in [1.82, 2.24) is 5.32 Å². The molecule has 3 amide bonds. The van der Waals surface area contributed by atoms with Gasteiger partial charge >= 0.3 is 6.03 Å². The SMILES string of the molecule is C=CC(=O)N(C(=O)NC)c1ccccc1. The number of para-hydroxylation sites is 1. The standard InChI is InChI=1S/C11H12N2O2/c1-3-10(14)13(11(15)12-2)9-7-5-4-6-8-9/h3-8H,1H2,2H3,(H,12,15). The lowest BCUT2D eigenvalue weighted by Gasteiger charge is -2.18. The second-order valence-electron chi connectivity index (χ2n) is 2.77. The van der Waals surface area contributed by atoms with Crippen molar-refractivity contribution < 1.29 is 9.59 Å². The molecule has 0 aliphatic heterocycles. The molecule has 0 heterocycles. The van der Waals surface area contributed by atoms with Crippen molar-refractivity contribution in [2.24, 2.45) is 0 Å². The molecule has 0 aromatic heterocycles. The van der Waals surface area contributed by atoms with E-state index in [0.29, 0.717) is 5.69 Å². The van der Waals surface area contributed by atoms with Crippen LogP contribution in [0.1, 0.15) is 0 Å². The minimum Gasteiger partial charge on any atom is -0.340 e. The first kappa shape index (κ1) is 11.0. The second kappa shape index (κ2) is 4.95. The summed E-state index contributed by atoms with van der Waals surface area (Å²) in [5, 5.41) is 2.40. The molecule has 0 saturated carbocycles. The summed E-state index contributed by atoms with van der Waals surface area (Å²) in [5.74, 6) is -0.458. The number of carbonyl (C=O) groups excluding carboxylic acids is 2. The van der Waals surface area contributed by atoms with E-state index >= 15 is 0 Å². The zero-order chi connectivity index (χ0) is 11.3. The number of amides is 3. The molecule has 0 saturated heterocycles. The monoisotopic (exact) mass is 204 g/mol. The van der Waals surface area contributed by atoms with E-state index in [1.165, 1.54) is 7.05 Å². The average Bonchev–Trinajstić information content (AvgIpc) is 2.30. The van der Waals surface area contributed by atoms with Crippen LogP contribution in [0.4, 0.5) is 10.5 Å². The maximum Gasteiger partial charge on any atom is 0.328 e.